The minimum Gasteiger partial charge on any atom is -0.341 e. The second-order valence-electron chi connectivity index (χ2n) is 6.56. The van der Waals surface area contributed by atoms with Crippen LogP contribution in [0.25, 0.3) is 0 Å². The predicted molar refractivity (Wildman–Crippen MR) is 106 cm³/mol. The average Bonchev–Trinajstić information content (AvgIpc) is 2.64. The minimum absolute atomic E-state index is 0. The van der Waals surface area contributed by atoms with Crippen molar-refractivity contribution in [3.05, 3.63) is 65.2 Å². The fourth-order valence-corrected chi connectivity index (χ4v) is 3.05. The Balaban J connectivity index is 0.00000243. The standard InChI is InChI=1S/C20H23N3O2.ClH/c1-13(18(21)15-6-4-3-5-7-15)19(24)22-16-9-8-14-10-11-23(2)20(25)17(14)12-16;/h3-9,12-13,18H,10-11,21H2,1-2H3,(H,22,24);1H. The van der Waals surface area contributed by atoms with E-state index in [0.29, 0.717) is 11.3 Å². The highest BCUT2D eigenvalue weighted by Crippen LogP contribution is 2.24. The van der Waals surface area contributed by atoms with Crippen LogP contribution in [0.2, 0.25) is 0 Å². The van der Waals surface area contributed by atoms with Gasteiger partial charge < -0.3 is 16.0 Å². The molecule has 1 aliphatic rings. The highest BCUT2D eigenvalue weighted by molar-refractivity contribution is 5.99. The van der Waals surface area contributed by atoms with E-state index in [1.165, 1.54) is 0 Å². The molecule has 2 aromatic rings. The van der Waals surface area contributed by atoms with Gasteiger partial charge in [-0.05, 0) is 29.7 Å². The number of halogens is 1. The second kappa shape index (κ2) is 8.34. The van der Waals surface area contributed by atoms with Crippen molar-refractivity contribution in [3.63, 3.8) is 0 Å². The molecule has 0 spiro atoms. The molecule has 2 aromatic carbocycles. The van der Waals surface area contributed by atoms with E-state index in [4.69, 9.17) is 5.73 Å². The first-order chi connectivity index (χ1) is 12.0. The molecule has 5 nitrogen and oxygen atoms in total. The van der Waals surface area contributed by atoms with Gasteiger partial charge in [0.15, 0.2) is 0 Å². The van der Waals surface area contributed by atoms with E-state index in [9.17, 15) is 9.59 Å². The molecule has 1 aliphatic heterocycles. The summed E-state index contributed by atoms with van der Waals surface area (Å²) in [5.41, 5.74) is 9.45. The van der Waals surface area contributed by atoms with Gasteiger partial charge in [-0.25, -0.2) is 0 Å². The molecule has 26 heavy (non-hydrogen) atoms. The van der Waals surface area contributed by atoms with Crippen LogP contribution in [0.15, 0.2) is 48.5 Å². The van der Waals surface area contributed by atoms with Crippen LogP contribution in [0.4, 0.5) is 5.69 Å². The van der Waals surface area contributed by atoms with E-state index in [1.807, 2.05) is 49.4 Å². The van der Waals surface area contributed by atoms with Crippen molar-refractivity contribution in [2.45, 2.75) is 19.4 Å². The predicted octanol–water partition coefficient (Wildman–Crippen LogP) is 3.01. The van der Waals surface area contributed by atoms with Crippen LogP contribution in [-0.4, -0.2) is 30.3 Å². The normalized spacial score (nSPS) is 15.5. The van der Waals surface area contributed by atoms with Gasteiger partial charge in [0.05, 0.1) is 5.92 Å². The van der Waals surface area contributed by atoms with Gasteiger partial charge >= 0.3 is 0 Å². The largest absolute Gasteiger partial charge is 0.341 e. The van der Waals surface area contributed by atoms with E-state index in [-0.39, 0.29) is 30.3 Å². The van der Waals surface area contributed by atoms with Crippen LogP contribution in [-0.2, 0) is 11.2 Å². The lowest BCUT2D eigenvalue weighted by Gasteiger charge is -2.25. The van der Waals surface area contributed by atoms with Gasteiger partial charge in [0, 0.05) is 30.9 Å². The van der Waals surface area contributed by atoms with E-state index in [2.05, 4.69) is 5.32 Å². The van der Waals surface area contributed by atoms with Gasteiger partial charge in [0.2, 0.25) is 5.91 Å². The first-order valence-electron chi connectivity index (χ1n) is 8.47. The molecular weight excluding hydrogens is 350 g/mol. The van der Waals surface area contributed by atoms with E-state index in [0.717, 1.165) is 24.1 Å². The Morgan fingerprint density at radius 1 is 1.19 bits per heavy atom. The SMILES string of the molecule is CC(C(=O)Nc1ccc2c(c1)C(=O)N(C)CC2)C(N)c1ccccc1.Cl. The molecule has 2 amide bonds. The van der Waals surface area contributed by atoms with Crippen molar-refractivity contribution in [2.24, 2.45) is 11.7 Å². The van der Waals surface area contributed by atoms with E-state index < -0.39 is 5.92 Å². The van der Waals surface area contributed by atoms with Crippen molar-refractivity contribution < 1.29 is 9.59 Å². The van der Waals surface area contributed by atoms with Gasteiger partial charge in [-0.1, -0.05) is 43.3 Å². The van der Waals surface area contributed by atoms with Crippen LogP contribution in [0.1, 0.15) is 34.5 Å². The number of benzene rings is 2. The summed E-state index contributed by atoms with van der Waals surface area (Å²) in [4.78, 5) is 26.5. The van der Waals surface area contributed by atoms with Gasteiger partial charge in [0.25, 0.3) is 5.91 Å². The summed E-state index contributed by atoms with van der Waals surface area (Å²) in [6.07, 6.45) is 0.834. The van der Waals surface area contributed by atoms with Crippen molar-refractivity contribution in [1.82, 2.24) is 4.90 Å². The Morgan fingerprint density at radius 2 is 1.88 bits per heavy atom. The molecule has 0 fully saturated rings. The van der Waals surface area contributed by atoms with Gasteiger partial charge in [-0.2, -0.15) is 0 Å². The molecule has 3 N–H and O–H groups in total. The summed E-state index contributed by atoms with van der Waals surface area (Å²) < 4.78 is 0. The zero-order valence-corrected chi connectivity index (χ0v) is 15.8. The number of fused-ring (bicyclic) bond motifs is 1. The van der Waals surface area contributed by atoms with E-state index in [1.54, 1.807) is 18.0 Å². The number of amides is 2. The number of nitrogens with zero attached hydrogens (tertiary/aromatic N) is 1. The maximum absolute atomic E-state index is 12.6. The fourth-order valence-electron chi connectivity index (χ4n) is 3.05. The Bertz CT molecular complexity index is 795. The molecule has 138 valence electrons. The average molecular weight is 374 g/mol. The summed E-state index contributed by atoms with van der Waals surface area (Å²) in [7, 11) is 1.79. The third-order valence-corrected chi connectivity index (χ3v) is 4.81. The molecule has 2 atom stereocenters. The number of carbonyl (C=O) groups excluding carboxylic acids is 2. The molecule has 1 heterocycles. The van der Waals surface area contributed by atoms with Crippen molar-refractivity contribution in [3.8, 4) is 0 Å². The summed E-state index contributed by atoms with van der Waals surface area (Å²) >= 11 is 0. The first-order valence-corrected chi connectivity index (χ1v) is 8.47. The molecule has 0 radical (unpaired) electrons. The molecule has 6 heteroatoms. The number of hydrogen-bond acceptors (Lipinski definition) is 3. The molecule has 0 aliphatic carbocycles. The molecule has 3 rings (SSSR count). The molecule has 0 saturated carbocycles. The number of rotatable bonds is 4. The van der Waals surface area contributed by atoms with Crippen LogP contribution in [0.5, 0.6) is 0 Å². The topological polar surface area (TPSA) is 75.4 Å². The minimum atomic E-state index is -0.392. The Kier molecular flexibility index (Phi) is 6.40. The Labute approximate surface area is 160 Å². The zero-order valence-electron chi connectivity index (χ0n) is 14.9. The number of nitrogens with one attached hydrogen (secondary N) is 1. The third kappa shape index (κ3) is 4.06. The number of hydrogen-bond donors (Lipinski definition) is 2. The maximum atomic E-state index is 12.6. The number of carbonyl (C=O) groups is 2. The van der Waals surface area contributed by atoms with Crippen molar-refractivity contribution >= 4 is 29.9 Å². The number of anilines is 1. The lowest BCUT2D eigenvalue weighted by atomic mass is 9.94. The molecule has 0 bridgehead atoms. The first kappa shape index (κ1) is 19.9. The summed E-state index contributed by atoms with van der Waals surface area (Å²) in [6, 6.07) is 14.7. The second-order valence-corrected chi connectivity index (χ2v) is 6.56. The van der Waals surface area contributed by atoms with Crippen LogP contribution < -0.4 is 11.1 Å². The van der Waals surface area contributed by atoms with Crippen molar-refractivity contribution in [1.29, 1.82) is 0 Å². The summed E-state index contributed by atoms with van der Waals surface area (Å²) in [5.74, 6) is -0.559. The fraction of sp³-hybridized carbons (Fsp3) is 0.300. The third-order valence-electron chi connectivity index (χ3n) is 4.81. The van der Waals surface area contributed by atoms with Gasteiger partial charge in [-0.3, -0.25) is 9.59 Å². The van der Waals surface area contributed by atoms with Crippen LogP contribution >= 0.6 is 12.4 Å². The smallest absolute Gasteiger partial charge is 0.253 e. The molecule has 0 aromatic heterocycles. The molecule has 2 unspecified atom stereocenters. The van der Waals surface area contributed by atoms with E-state index >= 15 is 0 Å². The lowest BCUT2D eigenvalue weighted by molar-refractivity contribution is -0.120. The highest BCUT2D eigenvalue weighted by Gasteiger charge is 2.24. The zero-order chi connectivity index (χ0) is 18.0. The van der Waals surface area contributed by atoms with Crippen LogP contribution in [0.3, 0.4) is 0 Å². The molecule has 0 saturated heterocycles. The quantitative estimate of drug-likeness (QED) is 0.865. The number of likely N-dealkylation sites (N-methyl/N-ethyl adjacent to an activating group) is 1. The number of nitrogens with two attached hydrogens (primary N) is 1. The van der Waals surface area contributed by atoms with Gasteiger partial charge in [0.1, 0.15) is 0 Å². The summed E-state index contributed by atoms with van der Waals surface area (Å²) in [5, 5.41) is 2.89. The Morgan fingerprint density at radius 3 is 2.58 bits per heavy atom. The van der Waals surface area contributed by atoms with Crippen molar-refractivity contribution in [2.75, 3.05) is 18.9 Å². The monoisotopic (exact) mass is 373 g/mol. The van der Waals surface area contributed by atoms with Gasteiger partial charge in [-0.15, -0.1) is 12.4 Å². The highest BCUT2D eigenvalue weighted by atomic mass is 35.5. The maximum Gasteiger partial charge on any atom is 0.253 e. The van der Waals surface area contributed by atoms with Crippen LogP contribution in [0, 0.1) is 5.92 Å². The summed E-state index contributed by atoms with van der Waals surface area (Å²) in [6.45, 7) is 2.53. The molecular formula is C20H24ClN3O2. The lowest BCUT2D eigenvalue weighted by Crippen LogP contribution is -2.34. The Hall–Kier alpha value is -2.37.